The SMILES string of the molecule is Cc1nc(-c2nnc(CCCN)s2)cs1. The van der Waals surface area contributed by atoms with Gasteiger partial charge < -0.3 is 5.73 Å². The number of hydrogen-bond acceptors (Lipinski definition) is 6. The molecule has 0 aliphatic carbocycles. The second-order valence-corrected chi connectivity index (χ2v) is 5.27. The highest BCUT2D eigenvalue weighted by Gasteiger charge is 2.08. The Morgan fingerprint density at radius 2 is 2.27 bits per heavy atom. The maximum absolute atomic E-state index is 5.44. The smallest absolute Gasteiger partial charge is 0.167 e. The number of thiazole rings is 1. The maximum Gasteiger partial charge on any atom is 0.167 e. The van der Waals surface area contributed by atoms with E-state index in [9.17, 15) is 0 Å². The Hall–Kier alpha value is -0.850. The van der Waals surface area contributed by atoms with Crippen molar-refractivity contribution < 1.29 is 0 Å². The minimum atomic E-state index is 0.699. The second kappa shape index (κ2) is 4.78. The molecule has 2 heterocycles. The van der Waals surface area contributed by atoms with Crippen molar-refractivity contribution in [3.05, 3.63) is 15.4 Å². The van der Waals surface area contributed by atoms with Crippen LogP contribution in [0.5, 0.6) is 0 Å². The summed E-state index contributed by atoms with van der Waals surface area (Å²) in [4.78, 5) is 4.38. The molecule has 2 aromatic rings. The Balaban J connectivity index is 2.13. The fraction of sp³-hybridized carbons (Fsp3) is 0.444. The molecule has 0 spiro atoms. The normalized spacial score (nSPS) is 10.8. The van der Waals surface area contributed by atoms with E-state index >= 15 is 0 Å². The molecular formula is C9H12N4S2. The van der Waals surface area contributed by atoms with Gasteiger partial charge in [-0.15, -0.1) is 21.5 Å². The van der Waals surface area contributed by atoms with Crippen molar-refractivity contribution in [1.29, 1.82) is 0 Å². The minimum absolute atomic E-state index is 0.699. The summed E-state index contributed by atoms with van der Waals surface area (Å²) in [6, 6.07) is 0. The fourth-order valence-electron chi connectivity index (χ4n) is 1.17. The molecule has 0 amide bonds. The lowest BCUT2D eigenvalue weighted by Gasteiger charge is -1.89. The van der Waals surface area contributed by atoms with E-state index in [0.717, 1.165) is 33.6 Å². The van der Waals surface area contributed by atoms with Crippen molar-refractivity contribution >= 4 is 22.7 Å². The predicted octanol–water partition coefficient (Wildman–Crippen LogP) is 1.86. The number of rotatable bonds is 4. The van der Waals surface area contributed by atoms with Gasteiger partial charge in [0.2, 0.25) is 0 Å². The number of nitrogens with two attached hydrogens (primary N) is 1. The first-order chi connectivity index (χ1) is 7.29. The van der Waals surface area contributed by atoms with Gasteiger partial charge in [0.1, 0.15) is 10.7 Å². The molecule has 0 aliphatic heterocycles. The van der Waals surface area contributed by atoms with Crippen molar-refractivity contribution in [3.63, 3.8) is 0 Å². The van der Waals surface area contributed by atoms with Gasteiger partial charge in [0, 0.05) is 11.8 Å². The van der Waals surface area contributed by atoms with E-state index in [4.69, 9.17) is 5.73 Å². The summed E-state index contributed by atoms with van der Waals surface area (Å²) in [6.45, 7) is 2.69. The molecule has 2 aromatic heterocycles. The van der Waals surface area contributed by atoms with Crippen LogP contribution in [0.4, 0.5) is 0 Å². The minimum Gasteiger partial charge on any atom is -0.330 e. The summed E-state index contributed by atoms with van der Waals surface area (Å²) < 4.78 is 0. The van der Waals surface area contributed by atoms with Gasteiger partial charge in [-0.2, -0.15) is 0 Å². The van der Waals surface area contributed by atoms with Gasteiger partial charge in [-0.1, -0.05) is 11.3 Å². The third-order valence-electron chi connectivity index (χ3n) is 1.90. The van der Waals surface area contributed by atoms with Gasteiger partial charge in [0.25, 0.3) is 0 Å². The van der Waals surface area contributed by atoms with Crippen LogP contribution in [-0.2, 0) is 6.42 Å². The molecule has 0 saturated carbocycles. The summed E-state index contributed by atoms with van der Waals surface area (Å²) in [5, 5.41) is 13.3. The van der Waals surface area contributed by atoms with E-state index in [2.05, 4.69) is 15.2 Å². The number of hydrogen-bond donors (Lipinski definition) is 1. The molecule has 0 atom stereocenters. The molecule has 0 fully saturated rings. The van der Waals surface area contributed by atoms with Crippen LogP contribution < -0.4 is 5.73 Å². The van der Waals surface area contributed by atoms with E-state index in [1.165, 1.54) is 0 Å². The highest BCUT2D eigenvalue weighted by atomic mass is 32.1. The molecule has 80 valence electrons. The topological polar surface area (TPSA) is 64.7 Å². The molecule has 0 radical (unpaired) electrons. The molecule has 2 N–H and O–H groups in total. The molecule has 0 bridgehead atoms. The third-order valence-corrected chi connectivity index (χ3v) is 3.68. The van der Waals surface area contributed by atoms with E-state index in [1.54, 1.807) is 22.7 Å². The van der Waals surface area contributed by atoms with Gasteiger partial charge >= 0.3 is 0 Å². The number of nitrogens with zero attached hydrogens (tertiary/aromatic N) is 3. The molecule has 6 heteroatoms. The van der Waals surface area contributed by atoms with E-state index < -0.39 is 0 Å². The van der Waals surface area contributed by atoms with Crippen LogP contribution in [0.15, 0.2) is 5.38 Å². The summed E-state index contributed by atoms with van der Waals surface area (Å²) >= 11 is 3.24. The largest absolute Gasteiger partial charge is 0.330 e. The van der Waals surface area contributed by atoms with Gasteiger partial charge in [-0.3, -0.25) is 0 Å². The monoisotopic (exact) mass is 240 g/mol. The first kappa shape index (κ1) is 10.7. The lowest BCUT2D eigenvalue weighted by Crippen LogP contribution is -1.99. The molecule has 2 rings (SSSR count). The van der Waals surface area contributed by atoms with Crippen molar-refractivity contribution in [2.24, 2.45) is 5.73 Å². The zero-order valence-electron chi connectivity index (χ0n) is 8.43. The zero-order valence-corrected chi connectivity index (χ0v) is 10.1. The Labute approximate surface area is 96.2 Å². The van der Waals surface area contributed by atoms with Crippen LogP contribution in [0, 0.1) is 6.92 Å². The van der Waals surface area contributed by atoms with Crippen LogP contribution in [0.1, 0.15) is 16.4 Å². The molecule has 0 aliphatic rings. The van der Waals surface area contributed by atoms with Crippen LogP contribution >= 0.6 is 22.7 Å². The Kier molecular flexibility index (Phi) is 3.40. The van der Waals surface area contributed by atoms with Gasteiger partial charge in [0.05, 0.1) is 5.01 Å². The van der Waals surface area contributed by atoms with E-state index in [0.29, 0.717) is 6.54 Å². The average Bonchev–Trinajstić information content (AvgIpc) is 2.83. The van der Waals surface area contributed by atoms with Crippen LogP contribution in [0.25, 0.3) is 10.7 Å². The average molecular weight is 240 g/mol. The van der Waals surface area contributed by atoms with Crippen LogP contribution in [-0.4, -0.2) is 21.7 Å². The standard InChI is InChI=1S/C9H12N4S2/c1-6-11-7(5-14-6)9-13-12-8(15-9)3-2-4-10/h5H,2-4,10H2,1H3. The highest BCUT2D eigenvalue weighted by molar-refractivity contribution is 7.15. The maximum atomic E-state index is 5.44. The Morgan fingerprint density at radius 1 is 1.40 bits per heavy atom. The molecule has 0 unspecified atom stereocenters. The van der Waals surface area contributed by atoms with Crippen LogP contribution in [0.2, 0.25) is 0 Å². The number of aryl methyl sites for hydroxylation is 2. The Morgan fingerprint density at radius 3 is 2.93 bits per heavy atom. The lowest BCUT2D eigenvalue weighted by atomic mass is 10.3. The zero-order chi connectivity index (χ0) is 10.7. The molecule has 0 aromatic carbocycles. The molecule has 15 heavy (non-hydrogen) atoms. The van der Waals surface area contributed by atoms with Crippen molar-refractivity contribution in [2.75, 3.05) is 6.54 Å². The fourth-order valence-corrected chi connectivity index (χ4v) is 2.69. The molecule has 4 nitrogen and oxygen atoms in total. The second-order valence-electron chi connectivity index (χ2n) is 3.14. The summed E-state index contributed by atoms with van der Waals surface area (Å²) in [5.74, 6) is 0. The van der Waals surface area contributed by atoms with Crippen molar-refractivity contribution in [2.45, 2.75) is 19.8 Å². The molecular weight excluding hydrogens is 228 g/mol. The first-order valence-electron chi connectivity index (χ1n) is 4.74. The van der Waals surface area contributed by atoms with E-state index in [-0.39, 0.29) is 0 Å². The third kappa shape index (κ3) is 2.58. The number of aromatic nitrogens is 3. The lowest BCUT2D eigenvalue weighted by molar-refractivity contribution is 0.812. The first-order valence-corrected chi connectivity index (χ1v) is 6.44. The summed E-state index contributed by atoms with van der Waals surface area (Å²) in [6.07, 6.45) is 1.88. The van der Waals surface area contributed by atoms with Gasteiger partial charge in [-0.05, 0) is 19.9 Å². The molecule has 0 saturated heterocycles. The summed E-state index contributed by atoms with van der Waals surface area (Å²) in [7, 11) is 0. The van der Waals surface area contributed by atoms with Crippen molar-refractivity contribution in [1.82, 2.24) is 15.2 Å². The highest BCUT2D eigenvalue weighted by Crippen LogP contribution is 2.25. The van der Waals surface area contributed by atoms with Gasteiger partial charge in [-0.25, -0.2) is 4.98 Å². The van der Waals surface area contributed by atoms with Gasteiger partial charge in [0.15, 0.2) is 5.01 Å². The van der Waals surface area contributed by atoms with Crippen molar-refractivity contribution in [3.8, 4) is 10.7 Å². The Bertz CT molecular complexity index is 435. The predicted molar refractivity (Wildman–Crippen MR) is 63.1 cm³/mol. The summed E-state index contributed by atoms with van der Waals surface area (Å²) in [5.41, 5.74) is 6.38. The van der Waals surface area contributed by atoms with E-state index in [1.807, 2.05) is 12.3 Å². The van der Waals surface area contributed by atoms with Crippen LogP contribution in [0.3, 0.4) is 0 Å². The quantitative estimate of drug-likeness (QED) is 0.886.